The molecule has 4 heteroatoms. The van der Waals surface area contributed by atoms with E-state index in [1.807, 2.05) is 31.2 Å². The minimum Gasteiger partial charge on any atom is -0.477 e. The highest BCUT2D eigenvalue weighted by molar-refractivity contribution is 8.00. The lowest BCUT2D eigenvalue weighted by atomic mass is 10.1. The lowest BCUT2D eigenvalue weighted by Crippen LogP contribution is -2.08. The van der Waals surface area contributed by atoms with E-state index in [0.29, 0.717) is 12.5 Å². The summed E-state index contributed by atoms with van der Waals surface area (Å²) in [6.07, 6.45) is 0. The number of rotatable bonds is 4. The first-order chi connectivity index (χ1) is 9.49. The largest absolute Gasteiger partial charge is 0.477 e. The fourth-order valence-corrected chi connectivity index (χ4v) is 2.85. The van der Waals surface area contributed by atoms with E-state index in [9.17, 15) is 0 Å². The van der Waals surface area contributed by atoms with Gasteiger partial charge in [-0.2, -0.15) is 0 Å². The predicted octanol–water partition coefficient (Wildman–Crippen LogP) is 4.43. The number of ether oxygens (including phenoxy) is 1. The zero-order chi connectivity index (χ0) is 14.6. The highest BCUT2D eigenvalue weighted by Gasteiger charge is 2.18. The summed E-state index contributed by atoms with van der Waals surface area (Å²) >= 11 is 1.78. The van der Waals surface area contributed by atoms with Gasteiger partial charge in [0.05, 0.1) is 6.61 Å². The zero-order valence-corrected chi connectivity index (χ0v) is 13.2. The van der Waals surface area contributed by atoms with Crippen LogP contribution in [0.5, 0.6) is 5.88 Å². The van der Waals surface area contributed by atoms with Crippen LogP contribution in [0.2, 0.25) is 0 Å². The SMILES string of the molecule is CCOc1cc(SC(C)(C)C)c(-c2ccccc2)nn1. The molecule has 0 amide bonds. The van der Waals surface area contributed by atoms with Crippen LogP contribution in [0.15, 0.2) is 41.3 Å². The Morgan fingerprint density at radius 3 is 2.40 bits per heavy atom. The van der Waals surface area contributed by atoms with Crippen LogP contribution in [0, 0.1) is 0 Å². The van der Waals surface area contributed by atoms with E-state index < -0.39 is 0 Å². The number of hydrogen-bond acceptors (Lipinski definition) is 4. The van der Waals surface area contributed by atoms with Gasteiger partial charge in [-0.25, -0.2) is 0 Å². The fraction of sp³-hybridized carbons (Fsp3) is 0.375. The molecule has 0 aliphatic carbocycles. The van der Waals surface area contributed by atoms with E-state index in [1.165, 1.54) is 0 Å². The van der Waals surface area contributed by atoms with Gasteiger partial charge in [0, 0.05) is 21.3 Å². The van der Waals surface area contributed by atoms with Gasteiger partial charge >= 0.3 is 0 Å². The van der Waals surface area contributed by atoms with Gasteiger partial charge in [0.2, 0.25) is 5.88 Å². The van der Waals surface area contributed by atoms with Crippen LogP contribution in [-0.2, 0) is 0 Å². The summed E-state index contributed by atoms with van der Waals surface area (Å²) in [5, 5.41) is 8.51. The van der Waals surface area contributed by atoms with Crippen molar-refractivity contribution in [3.63, 3.8) is 0 Å². The molecule has 0 spiro atoms. The lowest BCUT2D eigenvalue weighted by molar-refractivity contribution is 0.321. The van der Waals surface area contributed by atoms with E-state index in [-0.39, 0.29) is 4.75 Å². The molecule has 2 rings (SSSR count). The molecular formula is C16H20N2OS. The molecule has 1 aromatic carbocycles. The van der Waals surface area contributed by atoms with Crippen molar-refractivity contribution in [3.05, 3.63) is 36.4 Å². The van der Waals surface area contributed by atoms with Crippen molar-refractivity contribution >= 4 is 11.8 Å². The van der Waals surface area contributed by atoms with Crippen molar-refractivity contribution in [1.29, 1.82) is 0 Å². The monoisotopic (exact) mass is 288 g/mol. The Morgan fingerprint density at radius 1 is 1.10 bits per heavy atom. The van der Waals surface area contributed by atoms with Gasteiger partial charge in [-0.3, -0.25) is 0 Å². The molecule has 0 saturated heterocycles. The van der Waals surface area contributed by atoms with Crippen molar-refractivity contribution in [2.75, 3.05) is 6.61 Å². The van der Waals surface area contributed by atoms with Crippen LogP contribution in [0.4, 0.5) is 0 Å². The molecule has 0 atom stereocenters. The summed E-state index contributed by atoms with van der Waals surface area (Å²) < 4.78 is 5.57. The molecule has 20 heavy (non-hydrogen) atoms. The van der Waals surface area contributed by atoms with E-state index in [1.54, 1.807) is 11.8 Å². The van der Waals surface area contributed by atoms with Crippen LogP contribution in [0.3, 0.4) is 0 Å². The maximum atomic E-state index is 5.46. The maximum Gasteiger partial charge on any atom is 0.234 e. The number of aromatic nitrogens is 2. The summed E-state index contributed by atoms with van der Waals surface area (Å²) in [7, 11) is 0. The standard InChI is InChI=1S/C16H20N2OS/c1-5-19-14-11-13(20-16(2,3)4)15(18-17-14)12-9-7-6-8-10-12/h6-11H,5H2,1-4H3. The molecule has 2 aromatic rings. The van der Waals surface area contributed by atoms with Crippen molar-refractivity contribution in [2.24, 2.45) is 0 Å². The van der Waals surface area contributed by atoms with E-state index in [0.717, 1.165) is 16.2 Å². The first-order valence-electron chi connectivity index (χ1n) is 6.74. The minimum atomic E-state index is 0.107. The number of thioether (sulfide) groups is 1. The molecule has 0 bridgehead atoms. The summed E-state index contributed by atoms with van der Waals surface area (Å²) in [4.78, 5) is 1.10. The Morgan fingerprint density at radius 2 is 1.80 bits per heavy atom. The topological polar surface area (TPSA) is 35.0 Å². The predicted molar refractivity (Wildman–Crippen MR) is 84.2 cm³/mol. The molecule has 0 N–H and O–H groups in total. The molecule has 0 unspecified atom stereocenters. The Bertz CT molecular complexity index is 564. The lowest BCUT2D eigenvalue weighted by Gasteiger charge is -2.19. The van der Waals surface area contributed by atoms with E-state index in [4.69, 9.17) is 4.74 Å². The highest BCUT2D eigenvalue weighted by Crippen LogP contribution is 2.38. The van der Waals surface area contributed by atoms with Gasteiger partial charge in [-0.05, 0) is 6.92 Å². The van der Waals surface area contributed by atoms with Gasteiger partial charge in [-0.15, -0.1) is 22.0 Å². The Hall–Kier alpha value is -1.55. The third-order valence-corrected chi connectivity index (χ3v) is 3.64. The molecule has 0 aliphatic rings. The van der Waals surface area contributed by atoms with Crippen molar-refractivity contribution in [3.8, 4) is 17.1 Å². The first kappa shape index (κ1) is 14.9. The smallest absolute Gasteiger partial charge is 0.234 e. The average Bonchev–Trinajstić information content (AvgIpc) is 2.38. The quantitative estimate of drug-likeness (QED) is 0.779. The Labute approximate surface area is 124 Å². The van der Waals surface area contributed by atoms with Gasteiger partial charge in [0.25, 0.3) is 0 Å². The Balaban J connectivity index is 2.45. The molecule has 0 saturated carbocycles. The third kappa shape index (κ3) is 3.97. The third-order valence-electron chi connectivity index (χ3n) is 2.49. The molecular weight excluding hydrogens is 268 g/mol. The van der Waals surface area contributed by atoms with Gasteiger partial charge < -0.3 is 4.74 Å². The Kier molecular flexibility index (Phi) is 4.65. The second-order valence-corrected chi connectivity index (χ2v) is 7.28. The van der Waals surface area contributed by atoms with Crippen LogP contribution in [-0.4, -0.2) is 21.6 Å². The normalized spacial score (nSPS) is 11.4. The summed E-state index contributed by atoms with van der Waals surface area (Å²) in [6.45, 7) is 9.11. The fourth-order valence-electron chi connectivity index (χ4n) is 1.78. The summed E-state index contributed by atoms with van der Waals surface area (Å²) in [5.74, 6) is 0.582. The second kappa shape index (κ2) is 6.27. The van der Waals surface area contributed by atoms with Crippen LogP contribution in [0.25, 0.3) is 11.3 Å². The number of benzene rings is 1. The van der Waals surface area contributed by atoms with Crippen molar-refractivity contribution in [2.45, 2.75) is 37.3 Å². The van der Waals surface area contributed by atoms with Crippen LogP contribution >= 0.6 is 11.8 Å². The molecule has 0 aliphatic heterocycles. The van der Waals surface area contributed by atoms with E-state index in [2.05, 4.69) is 43.1 Å². The molecule has 3 nitrogen and oxygen atoms in total. The first-order valence-corrected chi connectivity index (χ1v) is 7.56. The number of hydrogen-bond donors (Lipinski definition) is 0. The summed E-state index contributed by atoms with van der Waals surface area (Å²) in [6, 6.07) is 12.1. The second-order valence-electron chi connectivity index (χ2n) is 5.41. The molecule has 0 fully saturated rings. The minimum absolute atomic E-state index is 0.107. The van der Waals surface area contributed by atoms with Gasteiger partial charge in [0.15, 0.2) is 0 Å². The van der Waals surface area contributed by atoms with Crippen LogP contribution in [0.1, 0.15) is 27.7 Å². The molecule has 106 valence electrons. The van der Waals surface area contributed by atoms with Crippen molar-refractivity contribution in [1.82, 2.24) is 10.2 Å². The van der Waals surface area contributed by atoms with Crippen LogP contribution < -0.4 is 4.74 Å². The zero-order valence-electron chi connectivity index (χ0n) is 12.4. The molecule has 0 radical (unpaired) electrons. The van der Waals surface area contributed by atoms with Crippen molar-refractivity contribution < 1.29 is 4.74 Å². The van der Waals surface area contributed by atoms with Gasteiger partial charge in [0.1, 0.15) is 5.69 Å². The summed E-state index contributed by atoms with van der Waals surface area (Å²) in [5.41, 5.74) is 1.99. The van der Waals surface area contributed by atoms with Gasteiger partial charge in [-0.1, -0.05) is 51.1 Å². The number of nitrogens with zero attached hydrogens (tertiary/aromatic N) is 2. The molecule has 1 aromatic heterocycles. The van der Waals surface area contributed by atoms with E-state index >= 15 is 0 Å². The average molecular weight is 288 g/mol. The maximum absolute atomic E-state index is 5.46. The highest BCUT2D eigenvalue weighted by atomic mass is 32.2. The molecule has 1 heterocycles.